The number of aryl methyl sites for hydroxylation is 1. The Bertz CT molecular complexity index is 1240. The van der Waals surface area contributed by atoms with E-state index in [1.165, 1.54) is 10.9 Å². The van der Waals surface area contributed by atoms with Crippen molar-refractivity contribution in [3.63, 3.8) is 0 Å². The summed E-state index contributed by atoms with van der Waals surface area (Å²) in [6, 6.07) is 9.66. The van der Waals surface area contributed by atoms with Crippen LogP contribution in [0.15, 0.2) is 70.4 Å². The quantitative estimate of drug-likeness (QED) is 0.521. The minimum Gasteiger partial charge on any atom is -0.327 e. The maximum Gasteiger partial charge on any atom is 0.351 e. The Kier molecular flexibility index (Phi) is 5.31. The molecule has 3 aromatic heterocycles. The van der Waals surface area contributed by atoms with Gasteiger partial charge in [0.2, 0.25) is 0 Å². The molecule has 0 bridgehead atoms. The van der Waals surface area contributed by atoms with Crippen LogP contribution in [0, 0.1) is 6.92 Å². The third kappa shape index (κ3) is 3.67. The van der Waals surface area contributed by atoms with Crippen LogP contribution in [0.4, 0.5) is 4.39 Å². The fourth-order valence-corrected chi connectivity index (χ4v) is 3.03. The van der Waals surface area contributed by atoms with Crippen LogP contribution in [0.25, 0.3) is 28.2 Å². The lowest BCUT2D eigenvalue weighted by atomic mass is 10.0. The number of rotatable bonds is 6. The first-order valence-corrected chi connectivity index (χ1v) is 9.08. The van der Waals surface area contributed by atoms with E-state index in [2.05, 4.69) is 25.0 Å². The SMILES string of the molecule is Cc1cc(-c2ccc(-c3cnon3)cc2)cnc1-n1cnn(C/C(=C/F)CN)c1=O. The molecule has 0 saturated heterocycles. The zero-order valence-electron chi connectivity index (χ0n) is 16.1. The molecule has 0 atom stereocenters. The predicted octanol–water partition coefficient (Wildman–Crippen LogP) is 2.27. The summed E-state index contributed by atoms with van der Waals surface area (Å²) in [6.07, 6.45) is 5.00. The third-order valence-corrected chi connectivity index (χ3v) is 4.66. The molecule has 0 saturated carbocycles. The minimum atomic E-state index is -0.420. The van der Waals surface area contributed by atoms with Gasteiger partial charge in [0, 0.05) is 23.9 Å². The van der Waals surface area contributed by atoms with Crippen LogP contribution < -0.4 is 11.4 Å². The molecule has 10 heteroatoms. The van der Waals surface area contributed by atoms with Crippen molar-refractivity contribution in [1.82, 2.24) is 29.6 Å². The summed E-state index contributed by atoms with van der Waals surface area (Å²) in [6.45, 7) is 1.86. The monoisotopic (exact) mass is 407 g/mol. The predicted molar refractivity (Wildman–Crippen MR) is 107 cm³/mol. The average Bonchev–Trinajstić information content (AvgIpc) is 3.43. The second-order valence-electron chi connectivity index (χ2n) is 6.65. The first-order chi connectivity index (χ1) is 14.6. The number of benzene rings is 1. The van der Waals surface area contributed by atoms with Crippen LogP contribution in [-0.2, 0) is 6.54 Å². The summed E-state index contributed by atoms with van der Waals surface area (Å²) < 4.78 is 19.9. The number of aromatic nitrogens is 6. The van der Waals surface area contributed by atoms with Gasteiger partial charge < -0.3 is 5.73 Å². The van der Waals surface area contributed by atoms with Crippen molar-refractivity contribution in [2.45, 2.75) is 13.5 Å². The Morgan fingerprint density at radius 3 is 2.60 bits per heavy atom. The molecule has 4 rings (SSSR count). The Morgan fingerprint density at radius 1 is 1.20 bits per heavy atom. The summed E-state index contributed by atoms with van der Waals surface area (Å²) >= 11 is 0. The lowest BCUT2D eigenvalue weighted by Gasteiger charge is -2.08. The van der Waals surface area contributed by atoms with Gasteiger partial charge in [-0.25, -0.2) is 28.0 Å². The molecule has 0 aliphatic heterocycles. The fourth-order valence-electron chi connectivity index (χ4n) is 3.03. The smallest absolute Gasteiger partial charge is 0.327 e. The molecule has 0 amide bonds. The molecule has 0 aliphatic rings. The van der Waals surface area contributed by atoms with Gasteiger partial charge in [-0.1, -0.05) is 29.4 Å². The summed E-state index contributed by atoms with van der Waals surface area (Å²) in [5.74, 6) is 0.457. The lowest BCUT2D eigenvalue weighted by molar-refractivity contribution is 0.308. The Balaban J connectivity index is 1.61. The van der Waals surface area contributed by atoms with E-state index in [1.807, 2.05) is 37.3 Å². The van der Waals surface area contributed by atoms with E-state index < -0.39 is 5.69 Å². The molecule has 0 spiro atoms. The summed E-state index contributed by atoms with van der Waals surface area (Å²) in [4.78, 5) is 17.1. The molecule has 0 fully saturated rings. The van der Waals surface area contributed by atoms with Crippen LogP contribution in [0.3, 0.4) is 0 Å². The van der Waals surface area contributed by atoms with Gasteiger partial charge in [-0.15, -0.1) is 0 Å². The van der Waals surface area contributed by atoms with Crippen molar-refractivity contribution in [1.29, 1.82) is 0 Å². The first-order valence-electron chi connectivity index (χ1n) is 9.08. The highest BCUT2D eigenvalue weighted by Crippen LogP contribution is 2.25. The maximum absolute atomic E-state index is 12.8. The normalized spacial score (nSPS) is 11.8. The van der Waals surface area contributed by atoms with Gasteiger partial charge >= 0.3 is 5.69 Å². The van der Waals surface area contributed by atoms with E-state index >= 15 is 0 Å². The second-order valence-corrected chi connectivity index (χ2v) is 6.65. The number of nitrogens with two attached hydrogens (primary N) is 1. The van der Waals surface area contributed by atoms with E-state index in [0.717, 1.165) is 26.9 Å². The van der Waals surface area contributed by atoms with Crippen molar-refractivity contribution in [3.05, 3.63) is 77.0 Å². The van der Waals surface area contributed by atoms with E-state index in [0.29, 0.717) is 17.8 Å². The summed E-state index contributed by atoms with van der Waals surface area (Å²) in [5, 5.41) is 11.5. The Hall–Kier alpha value is -3.92. The van der Waals surface area contributed by atoms with Gasteiger partial charge in [-0.3, -0.25) is 0 Å². The number of hydrogen-bond donors (Lipinski definition) is 1. The standard InChI is InChI=1S/C20H18FN7O2/c1-13-6-17(15-2-4-16(5-3-15)18-10-25-30-26-18)9-23-19(13)27-12-24-28(20(27)29)11-14(7-21)8-22/h2-7,9-10,12H,8,11,22H2,1H3/b14-7+. The van der Waals surface area contributed by atoms with E-state index in [1.54, 1.807) is 12.4 Å². The van der Waals surface area contributed by atoms with Crippen molar-refractivity contribution >= 4 is 0 Å². The molecule has 152 valence electrons. The number of hydrogen-bond acceptors (Lipinski definition) is 7. The molecule has 0 unspecified atom stereocenters. The van der Waals surface area contributed by atoms with Crippen LogP contribution in [-0.4, -0.2) is 36.2 Å². The zero-order valence-corrected chi connectivity index (χ0v) is 16.1. The maximum atomic E-state index is 12.8. The number of pyridine rings is 1. The first kappa shape index (κ1) is 19.4. The molecule has 0 aliphatic carbocycles. The zero-order chi connectivity index (χ0) is 21.1. The van der Waals surface area contributed by atoms with Crippen molar-refractivity contribution in [2.75, 3.05) is 6.54 Å². The number of halogens is 1. The third-order valence-electron chi connectivity index (χ3n) is 4.66. The van der Waals surface area contributed by atoms with Gasteiger partial charge in [0.1, 0.15) is 17.8 Å². The molecule has 0 radical (unpaired) electrons. The molecule has 30 heavy (non-hydrogen) atoms. The highest BCUT2D eigenvalue weighted by molar-refractivity contribution is 5.68. The molecule has 3 heterocycles. The summed E-state index contributed by atoms with van der Waals surface area (Å²) in [7, 11) is 0. The van der Waals surface area contributed by atoms with Gasteiger partial charge in [0.15, 0.2) is 0 Å². The average molecular weight is 407 g/mol. The highest BCUT2D eigenvalue weighted by Gasteiger charge is 2.13. The Morgan fingerprint density at radius 2 is 1.97 bits per heavy atom. The van der Waals surface area contributed by atoms with Gasteiger partial charge in [0.25, 0.3) is 0 Å². The molecule has 9 nitrogen and oxygen atoms in total. The van der Waals surface area contributed by atoms with Gasteiger partial charge in [-0.2, -0.15) is 5.10 Å². The second kappa shape index (κ2) is 8.21. The lowest BCUT2D eigenvalue weighted by Crippen LogP contribution is -2.26. The van der Waals surface area contributed by atoms with Crippen LogP contribution >= 0.6 is 0 Å². The van der Waals surface area contributed by atoms with Crippen LogP contribution in [0.2, 0.25) is 0 Å². The van der Waals surface area contributed by atoms with Gasteiger partial charge in [0.05, 0.1) is 19.1 Å². The molecular weight excluding hydrogens is 389 g/mol. The fraction of sp³-hybridized carbons (Fsp3) is 0.150. The molecule has 1 aromatic carbocycles. The van der Waals surface area contributed by atoms with Crippen molar-refractivity contribution in [2.24, 2.45) is 5.73 Å². The van der Waals surface area contributed by atoms with E-state index in [4.69, 9.17) is 5.73 Å². The molecule has 2 N–H and O–H groups in total. The highest BCUT2D eigenvalue weighted by atomic mass is 19.1. The summed E-state index contributed by atoms with van der Waals surface area (Å²) in [5.41, 5.74) is 9.49. The van der Waals surface area contributed by atoms with Crippen molar-refractivity contribution in [3.8, 4) is 28.2 Å². The van der Waals surface area contributed by atoms with Crippen LogP contribution in [0.5, 0.6) is 0 Å². The number of nitrogens with zero attached hydrogens (tertiary/aromatic N) is 6. The van der Waals surface area contributed by atoms with E-state index in [9.17, 15) is 9.18 Å². The van der Waals surface area contributed by atoms with Crippen LogP contribution in [0.1, 0.15) is 5.56 Å². The van der Waals surface area contributed by atoms with Crippen molar-refractivity contribution < 1.29 is 9.02 Å². The van der Waals surface area contributed by atoms with Gasteiger partial charge in [-0.05, 0) is 34.8 Å². The molecular formula is C20H18FN7O2. The minimum absolute atomic E-state index is 0.00767. The van der Waals surface area contributed by atoms with E-state index in [-0.39, 0.29) is 18.7 Å². The Labute approximate surface area is 170 Å². The topological polar surface area (TPSA) is 118 Å². The largest absolute Gasteiger partial charge is 0.351 e. The molecule has 4 aromatic rings.